The first kappa shape index (κ1) is 20.1. The molecule has 0 atom stereocenters. The molecule has 1 aliphatic rings. The molecule has 0 saturated carbocycles. The Kier molecular flexibility index (Phi) is 6.38. The Bertz CT molecular complexity index is 976. The van der Waals surface area contributed by atoms with Crippen LogP contribution in [-0.4, -0.2) is 71.8 Å². The molecule has 0 spiro atoms. The standard InChI is InChI=1S/C21H27FN8/c1-23-21(25-16-20-27-26-19-4-2-3-10-30(19)20)24-9-11-28-12-14-29(15-13-28)18-7-5-17(22)6-8-18/h2-8,10H,9,11-16H2,1H3,(H2,23,24,25). The molecule has 8 nitrogen and oxygen atoms in total. The number of nitrogens with zero attached hydrogens (tertiary/aromatic N) is 6. The van der Waals surface area contributed by atoms with Crippen molar-refractivity contribution in [2.24, 2.45) is 4.99 Å². The molecule has 1 saturated heterocycles. The lowest BCUT2D eigenvalue weighted by atomic mass is 10.2. The minimum absolute atomic E-state index is 0.192. The number of hydrogen-bond acceptors (Lipinski definition) is 5. The SMILES string of the molecule is CN=C(NCCN1CCN(c2ccc(F)cc2)CC1)NCc1nnc2ccccn12. The Morgan fingerprint density at radius 1 is 1.03 bits per heavy atom. The van der Waals surface area contributed by atoms with Crippen LogP contribution in [0.4, 0.5) is 10.1 Å². The van der Waals surface area contributed by atoms with Gasteiger partial charge in [0.15, 0.2) is 17.4 Å². The largest absolute Gasteiger partial charge is 0.369 e. The molecule has 0 radical (unpaired) electrons. The maximum Gasteiger partial charge on any atom is 0.191 e. The van der Waals surface area contributed by atoms with E-state index in [1.807, 2.05) is 40.9 Å². The normalized spacial score (nSPS) is 15.5. The van der Waals surface area contributed by atoms with Gasteiger partial charge in [0.1, 0.15) is 5.82 Å². The van der Waals surface area contributed by atoms with Crippen LogP contribution in [0.2, 0.25) is 0 Å². The van der Waals surface area contributed by atoms with E-state index in [2.05, 4.69) is 35.6 Å². The fraction of sp³-hybridized carbons (Fsp3) is 0.381. The third-order valence-corrected chi connectivity index (χ3v) is 5.31. The lowest BCUT2D eigenvalue weighted by Gasteiger charge is -2.36. The Morgan fingerprint density at radius 2 is 1.83 bits per heavy atom. The molecule has 1 aliphatic heterocycles. The molecule has 0 bridgehead atoms. The van der Waals surface area contributed by atoms with Crippen molar-refractivity contribution in [3.63, 3.8) is 0 Å². The summed E-state index contributed by atoms with van der Waals surface area (Å²) in [5, 5.41) is 15.0. The number of anilines is 1. The summed E-state index contributed by atoms with van der Waals surface area (Å²) in [6.45, 7) is 6.13. The summed E-state index contributed by atoms with van der Waals surface area (Å²) in [5.74, 6) is 1.39. The predicted octanol–water partition coefficient (Wildman–Crippen LogP) is 1.36. The monoisotopic (exact) mass is 410 g/mol. The first-order valence-electron chi connectivity index (χ1n) is 10.2. The number of fused-ring (bicyclic) bond motifs is 1. The summed E-state index contributed by atoms with van der Waals surface area (Å²) in [4.78, 5) is 9.01. The smallest absolute Gasteiger partial charge is 0.191 e. The minimum Gasteiger partial charge on any atom is -0.369 e. The summed E-state index contributed by atoms with van der Waals surface area (Å²) in [7, 11) is 1.76. The van der Waals surface area contributed by atoms with Gasteiger partial charge in [-0.1, -0.05) is 6.07 Å². The highest BCUT2D eigenvalue weighted by Crippen LogP contribution is 2.16. The minimum atomic E-state index is -0.192. The van der Waals surface area contributed by atoms with Crippen molar-refractivity contribution in [3.05, 3.63) is 60.3 Å². The van der Waals surface area contributed by atoms with E-state index < -0.39 is 0 Å². The van der Waals surface area contributed by atoms with E-state index in [9.17, 15) is 4.39 Å². The van der Waals surface area contributed by atoms with E-state index in [0.717, 1.165) is 62.4 Å². The molecule has 1 fully saturated rings. The van der Waals surface area contributed by atoms with E-state index in [1.165, 1.54) is 12.1 Å². The summed E-state index contributed by atoms with van der Waals surface area (Å²) in [6.07, 6.45) is 1.95. The molecular weight excluding hydrogens is 383 g/mol. The number of aromatic nitrogens is 3. The van der Waals surface area contributed by atoms with Gasteiger partial charge >= 0.3 is 0 Å². The average molecular weight is 411 g/mol. The van der Waals surface area contributed by atoms with Crippen molar-refractivity contribution >= 4 is 17.3 Å². The fourth-order valence-corrected chi connectivity index (χ4v) is 3.61. The number of halogens is 1. The molecule has 0 unspecified atom stereocenters. The average Bonchev–Trinajstić information content (AvgIpc) is 3.20. The molecule has 0 amide bonds. The molecule has 158 valence electrons. The van der Waals surface area contributed by atoms with Gasteiger partial charge in [0.2, 0.25) is 0 Å². The number of piperazine rings is 1. The van der Waals surface area contributed by atoms with Gasteiger partial charge in [0.05, 0.1) is 6.54 Å². The van der Waals surface area contributed by atoms with Crippen LogP contribution in [-0.2, 0) is 6.54 Å². The molecule has 9 heteroatoms. The lowest BCUT2D eigenvalue weighted by molar-refractivity contribution is 0.261. The highest BCUT2D eigenvalue weighted by Gasteiger charge is 2.17. The lowest BCUT2D eigenvalue weighted by Crippen LogP contribution is -2.49. The van der Waals surface area contributed by atoms with Crippen LogP contribution in [0.5, 0.6) is 0 Å². The third kappa shape index (κ3) is 4.85. The molecule has 0 aliphatic carbocycles. The topological polar surface area (TPSA) is 73.1 Å². The Morgan fingerprint density at radius 3 is 2.60 bits per heavy atom. The molecule has 3 heterocycles. The van der Waals surface area contributed by atoms with E-state index in [4.69, 9.17) is 0 Å². The van der Waals surface area contributed by atoms with Gasteiger partial charge in [0, 0.05) is 58.2 Å². The Balaban J connectivity index is 1.19. The maximum atomic E-state index is 13.1. The molecule has 4 rings (SSSR count). The molecule has 2 N–H and O–H groups in total. The van der Waals surface area contributed by atoms with Crippen molar-refractivity contribution in [1.29, 1.82) is 0 Å². The van der Waals surface area contributed by atoms with Gasteiger partial charge in [-0.05, 0) is 36.4 Å². The number of benzene rings is 1. The van der Waals surface area contributed by atoms with Crippen LogP contribution in [0.25, 0.3) is 5.65 Å². The molecule has 3 aromatic rings. The van der Waals surface area contributed by atoms with Gasteiger partial charge < -0.3 is 15.5 Å². The zero-order valence-corrected chi connectivity index (χ0v) is 17.1. The first-order valence-corrected chi connectivity index (χ1v) is 10.2. The van der Waals surface area contributed by atoms with Crippen molar-refractivity contribution in [2.45, 2.75) is 6.54 Å². The van der Waals surface area contributed by atoms with Gasteiger partial charge in [0.25, 0.3) is 0 Å². The fourth-order valence-electron chi connectivity index (χ4n) is 3.61. The number of aliphatic imine (C=N–C) groups is 1. The van der Waals surface area contributed by atoms with Crippen LogP contribution < -0.4 is 15.5 Å². The second kappa shape index (κ2) is 9.53. The van der Waals surface area contributed by atoms with Crippen molar-refractivity contribution in [3.8, 4) is 0 Å². The van der Waals surface area contributed by atoms with Crippen LogP contribution in [0.1, 0.15) is 5.82 Å². The first-order chi connectivity index (χ1) is 14.7. The van der Waals surface area contributed by atoms with Gasteiger partial charge in [-0.3, -0.25) is 14.3 Å². The van der Waals surface area contributed by atoms with E-state index in [0.29, 0.717) is 6.54 Å². The highest BCUT2D eigenvalue weighted by molar-refractivity contribution is 5.79. The van der Waals surface area contributed by atoms with Crippen molar-refractivity contribution in [1.82, 2.24) is 30.1 Å². The number of guanidine groups is 1. The molecule has 30 heavy (non-hydrogen) atoms. The summed E-state index contributed by atoms with van der Waals surface area (Å²) in [6, 6.07) is 12.6. The maximum absolute atomic E-state index is 13.1. The van der Waals surface area contributed by atoms with Crippen molar-refractivity contribution < 1.29 is 4.39 Å². The second-order valence-corrected chi connectivity index (χ2v) is 7.20. The molecule has 1 aromatic carbocycles. The van der Waals surface area contributed by atoms with Crippen LogP contribution in [0.3, 0.4) is 0 Å². The highest BCUT2D eigenvalue weighted by atomic mass is 19.1. The summed E-state index contributed by atoms with van der Waals surface area (Å²) < 4.78 is 15.1. The Labute approximate surface area is 175 Å². The van der Waals surface area contributed by atoms with Gasteiger partial charge in [-0.15, -0.1) is 10.2 Å². The molecule has 2 aromatic heterocycles. The van der Waals surface area contributed by atoms with E-state index >= 15 is 0 Å². The zero-order valence-electron chi connectivity index (χ0n) is 17.1. The molecular formula is C21H27FN8. The number of rotatable bonds is 6. The quantitative estimate of drug-likeness (QED) is 0.472. The van der Waals surface area contributed by atoms with Crippen LogP contribution in [0, 0.1) is 5.82 Å². The van der Waals surface area contributed by atoms with Crippen LogP contribution in [0.15, 0.2) is 53.7 Å². The number of hydrogen-bond donors (Lipinski definition) is 2. The summed E-state index contributed by atoms with van der Waals surface area (Å²) >= 11 is 0. The van der Waals surface area contributed by atoms with E-state index in [1.54, 1.807) is 7.05 Å². The third-order valence-electron chi connectivity index (χ3n) is 5.31. The van der Waals surface area contributed by atoms with Crippen molar-refractivity contribution in [2.75, 3.05) is 51.2 Å². The van der Waals surface area contributed by atoms with E-state index in [-0.39, 0.29) is 5.82 Å². The predicted molar refractivity (Wildman–Crippen MR) is 116 cm³/mol. The summed E-state index contributed by atoms with van der Waals surface area (Å²) in [5.41, 5.74) is 1.91. The van der Waals surface area contributed by atoms with Crippen LogP contribution >= 0.6 is 0 Å². The number of nitrogens with one attached hydrogen (secondary N) is 2. The van der Waals surface area contributed by atoms with Gasteiger partial charge in [-0.2, -0.15) is 0 Å². The van der Waals surface area contributed by atoms with Gasteiger partial charge in [-0.25, -0.2) is 4.39 Å². The second-order valence-electron chi connectivity index (χ2n) is 7.20. The zero-order chi connectivity index (χ0) is 20.8. The number of pyridine rings is 1. The Hall–Kier alpha value is -3.20.